The van der Waals surface area contributed by atoms with Gasteiger partial charge in [0.1, 0.15) is 18.1 Å². The molecule has 9 nitrogen and oxygen atoms in total. The van der Waals surface area contributed by atoms with Gasteiger partial charge in [-0.2, -0.15) is 5.10 Å². The number of rotatable bonds is 7. The lowest BCUT2D eigenvalue weighted by molar-refractivity contribution is -0.133. The summed E-state index contributed by atoms with van der Waals surface area (Å²) in [5, 5.41) is 5.12. The molecule has 1 fully saturated rings. The van der Waals surface area contributed by atoms with Crippen molar-refractivity contribution in [2.75, 3.05) is 14.1 Å². The fourth-order valence-electron chi connectivity index (χ4n) is 4.52. The smallest absolute Gasteiger partial charge is 0.244 e. The minimum Gasteiger partial charge on any atom is -0.344 e. The monoisotopic (exact) mass is 456 g/mol. The topological polar surface area (TPSA) is 97.1 Å². The van der Waals surface area contributed by atoms with E-state index in [1.807, 2.05) is 30.8 Å². The van der Waals surface area contributed by atoms with Crippen molar-refractivity contribution in [3.05, 3.63) is 36.2 Å². The van der Waals surface area contributed by atoms with Crippen molar-refractivity contribution in [3.63, 3.8) is 0 Å². The summed E-state index contributed by atoms with van der Waals surface area (Å²) < 4.78 is 1.56. The van der Waals surface area contributed by atoms with Gasteiger partial charge in [0.25, 0.3) is 0 Å². The highest BCUT2D eigenvalue weighted by atomic mass is 16.2. The maximum Gasteiger partial charge on any atom is 0.244 e. The number of hydrogen-bond donors (Lipinski definition) is 0. The van der Waals surface area contributed by atoms with Gasteiger partial charge in [-0.3, -0.25) is 19.3 Å². The average Bonchev–Trinajstić information content (AvgIpc) is 3.30. The molecule has 0 aliphatic carbocycles. The highest BCUT2D eigenvalue weighted by Crippen LogP contribution is 2.30. The van der Waals surface area contributed by atoms with Gasteiger partial charge in [-0.25, -0.2) is 9.97 Å². The lowest BCUT2D eigenvalue weighted by atomic mass is 9.49. The second-order valence-corrected chi connectivity index (χ2v) is 9.29. The molecule has 0 N–H and O–H groups in total. The molecule has 34 heavy (non-hydrogen) atoms. The molecule has 1 aliphatic heterocycles. The first-order chi connectivity index (χ1) is 16.2. The van der Waals surface area contributed by atoms with Crippen molar-refractivity contribution in [1.82, 2.24) is 34.5 Å². The molecule has 0 unspecified atom stereocenters. The summed E-state index contributed by atoms with van der Waals surface area (Å²) >= 11 is 0. The molecule has 0 spiro atoms. The zero-order valence-corrected chi connectivity index (χ0v) is 20.3. The maximum atomic E-state index is 13.2. The van der Waals surface area contributed by atoms with Gasteiger partial charge in [0.05, 0.1) is 31.1 Å². The van der Waals surface area contributed by atoms with Gasteiger partial charge in [-0.1, -0.05) is 6.92 Å². The molecule has 4 heterocycles. The molecule has 3 atom stereocenters. The van der Waals surface area contributed by atoms with E-state index >= 15 is 0 Å². The number of aromatic nitrogens is 5. The summed E-state index contributed by atoms with van der Waals surface area (Å²) in [6.45, 7) is 6.27. The van der Waals surface area contributed by atoms with Gasteiger partial charge in [0.2, 0.25) is 5.91 Å². The van der Waals surface area contributed by atoms with Crippen molar-refractivity contribution >= 4 is 37.5 Å². The largest absolute Gasteiger partial charge is 0.344 e. The molecule has 1 saturated heterocycles. The van der Waals surface area contributed by atoms with E-state index in [2.05, 4.69) is 27.0 Å². The van der Waals surface area contributed by atoms with Crippen LogP contribution in [-0.4, -0.2) is 87.2 Å². The molecule has 4 rings (SSSR count). The Morgan fingerprint density at radius 2 is 1.88 bits per heavy atom. The Morgan fingerprint density at radius 3 is 2.50 bits per heavy atom. The predicted octanol–water partition coefficient (Wildman–Crippen LogP) is 1.52. The fraction of sp³-hybridized carbons (Fsp3) is 0.478. The predicted molar refractivity (Wildman–Crippen MR) is 131 cm³/mol. The van der Waals surface area contributed by atoms with E-state index in [4.69, 9.17) is 7.74 Å². The molecular formula is C23H28B2N7O2. The van der Waals surface area contributed by atoms with Crippen LogP contribution in [0.25, 0.3) is 22.2 Å². The van der Waals surface area contributed by atoms with Crippen LogP contribution < -0.4 is 0 Å². The van der Waals surface area contributed by atoms with Crippen molar-refractivity contribution < 1.29 is 9.59 Å². The Labute approximate surface area is 201 Å². The lowest BCUT2D eigenvalue weighted by Crippen LogP contribution is -2.45. The number of amides is 1. The van der Waals surface area contributed by atoms with Crippen LogP contribution in [0, 0.1) is 5.92 Å². The Kier molecular flexibility index (Phi) is 6.84. The van der Waals surface area contributed by atoms with Crippen LogP contribution in [0.2, 0.25) is 0 Å². The van der Waals surface area contributed by atoms with Gasteiger partial charge in [0.15, 0.2) is 5.78 Å². The first-order valence-electron chi connectivity index (χ1n) is 11.4. The highest BCUT2D eigenvalue weighted by molar-refractivity contribution is 6.90. The maximum absolute atomic E-state index is 13.2. The molecule has 3 aromatic rings. The first-order valence-corrected chi connectivity index (χ1v) is 11.4. The van der Waals surface area contributed by atoms with Gasteiger partial charge in [-0.05, 0) is 45.4 Å². The van der Waals surface area contributed by atoms with Crippen LogP contribution >= 0.6 is 0 Å². The molecule has 3 radical (unpaired) electrons. The van der Waals surface area contributed by atoms with Gasteiger partial charge in [0, 0.05) is 44.0 Å². The number of hydrogen-bond acceptors (Lipinski definition) is 7. The molecule has 0 aromatic carbocycles. The van der Waals surface area contributed by atoms with Crippen molar-refractivity contribution in [3.8, 4) is 11.3 Å². The fourth-order valence-corrected chi connectivity index (χ4v) is 4.52. The second-order valence-electron chi connectivity index (χ2n) is 9.29. The first kappa shape index (κ1) is 24.1. The molecule has 0 saturated carbocycles. The van der Waals surface area contributed by atoms with Crippen molar-refractivity contribution in [2.45, 2.75) is 52.3 Å². The summed E-state index contributed by atoms with van der Waals surface area (Å²) in [6, 6.07) is 1.88. The number of nitrogens with zero attached hydrogens (tertiary/aromatic N) is 7. The third kappa shape index (κ3) is 4.61. The number of pyridine rings is 1. The standard InChI is InChI=1S/C23H28B2N7O2/c1-13-6-20(25-24)32(14(13)2)22(34)12-31-19-10-26-18(7-17(19)23(29-31)15(3)33)16-8-27-21(28-9-16)11-30(4)5/h7-10,13-14,20H,6,11-12H2,1-5H3/t13-,14+,20-/m0/s1. The number of fused-ring (bicyclic) bond motifs is 1. The zero-order chi connectivity index (χ0) is 24.6. The molecule has 1 amide bonds. The van der Waals surface area contributed by atoms with Crippen molar-refractivity contribution in [1.29, 1.82) is 0 Å². The minimum atomic E-state index is -0.178. The highest BCUT2D eigenvalue weighted by Gasteiger charge is 2.37. The van der Waals surface area contributed by atoms with E-state index in [9.17, 15) is 9.59 Å². The number of likely N-dealkylation sites (tertiary alicyclic amines) is 1. The molecule has 3 aromatic heterocycles. The van der Waals surface area contributed by atoms with E-state index in [0.717, 1.165) is 12.0 Å². The van der Waals surface area contributed by atoms with Crippen LogP contribution in [0.1, 0.15) is 43.5 Å². The molecule has 1 aliphatic rings. The quantitative estimate of drug-likeness (QED) is 0.393. The van der Waals surface area contributed by atoms with Crippen LogP contribution in [0.4, 0.5) is 0 Å². The zero-order valence-electron chi connectivity index (χ0n) is 20.3. The lowest BCUT2D eigenvalue weighted by Gasteiger charge is -2.29. The van der Waals surface area contributed by atoms with E-state index in [1.54, 1.807) is 36.5 Å². The van der Waals surface area contributed by atoms with E-state index < -0.39 is 0 Å². The third-order valence-corrected chi connectivity index (χ3v) is 6.46. The van der Waals surface area contributed by atoms with Gasteiger partial charge >= 0.3 is 0 Å². The van der Waals surface area contributed by atoms with Crippen LogP contribution in [0.15, 0.2) is 24.7 Å². The van der Waals surface area contributed by atoms with Crippen LogP contribution in [0.5, 0.6) is 0 Å². The van der Waals surface area contributed by atoms with E-state index in [0.29, 0.717) is 40.6 Å². The Bertz CT molecular complexity index is 1210. The summed E-state index contributed by atoms with van der Waals surface area (Å²) in [7, 11) is 11.3. The summed E-state index contributed by atoms with van der Waals surface area (Å²) in [5.41, 5.74) is 2.31. The Balaban J connectivity index is 1.66. The molecule has 173 valence electrons. The minimum absolute atomic E-state index is 0.00848. The normalized spacial score (nSPS) is 20.3. The van der Waals surface area contributed by atoms with Gasteiger partial charge in [-0.15, -0.1) is 0 Å². The van der Waals surface area contributed by atoms with Gasteiger partial charge < -0.3 is 9.80 Å². The molecule has 0 bridgehead atoms. The van der Waals surface area contributed by atoms with Crippen LogP contribution in [0.3, 0.4) is 0 Å². The van der Waals surface area contributed by atoms with E-state index in [1.165, 1.54) is 6.92 Å². The Morgan fingerprint density at radius 1 is 1.18 bits per heavy atom. The third-order valence-electron chi connectivity index (χ3n) is 6.46. The number of carbonyl (C=O) groups excluding carboxylic acids is 2. The van der Waals surface area contributed by atoms with E-state index in [-0.39, 0.29) is 30.2 Å². The number of carbonyl (C=O) groups is 2. The molecule has 11 heteroatoms. The number of Topliss-reactive ketones (excluding diaryl/α,β-unsaturated/α-hetero) is 1. The number of ketones is 1. The second kappa shape index (κ2) is 9.66. The summed E-state index contributed by atoms with van der Waals surface area (Å²) in [4.78, 5) is 42.8. The van der Waals surface area contributed by atoms with Crippen LogP contribution in [-0.2, 0) is 17.9 Å². The molecular weight excluding hydrogens is 428 g/mol. The summed E-state index contributed by atoms with van der Waals surface area (Å²) in [6.07, 6.45) is 5.93. The summed E-state index contributed by atoms with van der Waals surface area (Å²) in [5.74, 6) is 0.696. The average molecular weight is 456 g/mol. The van der Waals surface area contributed by atoms with Crippen molar-refractivity contribution in [2.24, 2.45) is 5.92 Å². The Hall–Kier alpha value is -3.07. The SMILES string of the molecule is [B][B][C@@H]1C[C@H](C)[C@@H](C)N1C(=O)Cn1nc(C(C)=O)c2cc(-c3cnc(CN(C)C)nc3)ncc21.